The van der Waals surface area contributed by atoms with E-state index in [0.29, 0.717) is 12.1 Å². The molecule has 0 heterocycles. The van der Waals surface area contributed by atoms with Crippen LogP contribution in [0.15, 0.2) is 16.9 Å². The highest BCUT2D eigenvalue weighted by Gasteiger charge is 2.06. The molecule has 0 atom stereocenters. The van der Waals surface area contributed by atoms with Gasteiger partial charge in [-0.2, -0.15) is 0 Å². The molecule has 1 aromatic carbocycles. The first-order chi connectivity index (χ1) is 5.52. The first-order valence-electron chi connectivity index (χ1n) is 3.00. The molecule has 64 valence electrons. The molecule has 0 aromatic heterocycles. The molecular formula is C7H6O5. The molecule has 0 aliphatic rings. The van der Waals surface area contributed by atoms with Crippen molar-refractivity contribution in [2.75, 3.05) is 0 Å². The summed E-state index contributed by atoms with van der Waals surface area (Å²) in [7, 11) is 0. The molecule has 0 aliphatic carbocycles. The van der Waals surface area contributed by atoms with Crippen LogP contribution in [0.2, 0.25) is 0 Å². The van der Waals surface area contributed by atoms with Crippen LogP contribution in [0.1, 0.15) is 0 Å². The third-order valence-corrected chi connectivity index (χ3v) is 1.28. The van der Waals surface area contributed by atoms with Gasteiger partial charge in [0, 0.05) is 12.1 Å². The minimum Gasteiger partial charge on any atom is -0.504 e. The van der Waals surface area contributed by atoms with E-state index in [9.17, 15) is 4.79 Å². The van der Waals surface area contributed by atoms with Gasteiger partial charge >= 0.3 is 0 Å². The quantitative estimate of drug-likeness (QED) is 0.434. The number of hydrogen-bond donors (Lipinski definition) is 4. The van der Waals surface area contributed by atoms with Crippen molar-refractivity contribution in [1.29, 1.82) is 0 Å². The molecule has 5 nitrogen and oxygen atoms in total. The van der Waals surface area contributed by atoms with E-state index in [0.717, 1.165) is 0 Å². The maximum atomic E-state index is 10.7. The zero-order valence-corrected chi connectivity index (χ0v) is 5.85. The first-order valence-corrected chi connectivity index (χ1v) is 3.00. The first kappa shape index (κ1) is 8.19. The number of hydrogen-bond acceptors (Lipinski definition) is 5. The molecule has 0 spiro atoms. The molecule has 12 heavy (non-hydrogen) atoms. The van der Waals surface area contributed by atoms with Crippen molar-refractivity contribution in [2.45, 2.75) is 0 Å². The van der Waals surface area contributed by atoms with Gasteiger partial charge in [0.05, 0.1) is 0 Å². The van der Waals surface area contributed by atoms with Gasteiger partial charge in [0.25, 0.3) is 0 Å². The second-order valence-corrected chi connectivity index (χ2v) is 2.16. The Morgan fingerprint density at radius 1 is 0.833 bits per heavy atom. The van der Waals surface area contributed by atoms with Crippen molar-refractivity contribution in [3.8, 4) is 23.0 Å². The van der Waals surface area contributed by atoms with E-state index >= 15 is 0 Å². The van der Waals surface area contributed by atoms with Crippen LogP contribution in [-0.4, -0.2) is 20.4 Å². The lowest BCUT2D eigenvalue weighted by Gasteiger charge is -1.88. The van der Waals surface area contributed by atoms with Crippen LogP contribution in [-0.2, 0) is 0 Å². The van der Waals surface area contributed by atoms with Crippen molar-refractivity contribution in [2.24, 2.45) is 0 Å². The predicted octanol–water partition coefficient (Wildman–Crippen LogP) is -0.131. The van der Waals surface area contributed by atoms with Crippen LogP contribution < -0.4 is 5.43 Å². The van der Waals surface area contributed by atoms with Crippen molar-refractivity contribution in [3.05, 3.63) is 22.4 Å². The van der Waals surface area contributed by atoms with Crippen LogP contribution in [0.4, 0.5) is 0 Å². The maximum absolute atomic E-state index is 10.7. The third kappa shape index (κ3) is 1.24. The second kappa shape index (κ2) is 2.61. The van der Waals surface area contributed by atoms with Crippen LogP contribution in [0.25, 0.3) is 0 Å². The summed E-state index contributed by atoms with van der Waals surface area (Å²) in [6.45, 7) is 0. The van der Waals surface area contributed by atoms with Crippen LogP contribution in [0.3, 0.4) is 0 Å². The molecule has 0 saturated heterocycles. The lowest BCUT2D eigenvalue weighted by atomic mass is 10.4. The van der Waals surface area contributed by atoms with Gasteiger partial charge in [-0.05, 0) is 0 Å². The highest BCUT2D eigenvalue weighted by atomic mass is 16.3. The minimum atomic E-state index is -0.967. The molecule has 0 radical (unpaired) electrons. The summed E-state index contributed by atoms with van der Waals surface area (Å²) in [5, 5.41) is 35.4. The van der Waals surface area contributed by atoms with Gasteiger partial charge in [-0.15, -0.1) is 0 Å². The fourth-order valence-electron chi connectivity index (χ4n) is 0.665. The van der Waals surface area contributed by atoms with E-state index < -0.39 is 28.4 Å². The molecule has 0 saturated carbocycles. The van der Waals surface area contributed by atoms with Gasteiger partial charge < -0.3 is 20.4 Å². The van der Waals surface area contributed by atoms with E-state index in [2.05, 4.69) is 0 Å². The Morgan fingerprint density at radius 3 is 1.92 bits per heavy atom. The largest absolute Gasteiger partial charge is 0.504 e. The summed E-state index contributed by atoms with van der Waals surface area (Å²) < 4.78 is 0. The lowest BCUT2D eigenvalue weighted by molar-refractivity contribution is 0.392. The van der Waals surface area contributed by atoms with Crippen LogP contribution in [0, 0.1) is 0 Å². The Morgan fingerprint density at radius 2 is 1.33 bits per heavy atom. The third-order valence-electron chi connectivity index (χ3n) is 1.28. The normalized spacial score (nSPS) is 9.67. The topological polar surface area (TPSA) is 98.0 Å². The van der Waals surface area contributed by atoms with Gasteiger partial charge in [0.15, 0.2) is 17.2 Å². The van der Waals surface area contributed by atoms with Crippen molar-refractivity contribution >= 4 is 0 Å². The number of aromatic hydroxyl groups is 4. The summed E-state index contributed by atoms with van der Waals surface area (Å²) in [5.41, 5.74) is -0.967. The lowest BCUT2D eigenvalue weighted by Crippen LogP contribution is -1.92. The number of rotatable bonds is 0. The van der Waals surface area contributed by atoms with Crippen LogP contribution in [0.5, 0.6) is 23.0 Å². The Kier molecular flexibility index (Phi) is 1.78. The van der Waals surface area contributed by atoms with Crippen molar-refractivity contribution < 1.29 is 20.4 Å². The SMILES string of the molecule is O=c1cc(O)c(O)cc(O)c1O. The molecule has 0 fully saturated rings. The summed E-state index contributed by atoms with van der Waals surface area (Å²) in [6, 6.07) is 1.27. The second-order valence-electron chi connectivity index (χ2n) is 2.16. The predicted molar refractivity (Wildman–Crippen MR) is 39.4 cm³/mol. The fraction of sp³-hybridized carbons (Fsp3) is 0. The molecule has 5 heteroatoms. The van der Waals surface area contributed by atoms with E-state index in [-0.39, 0.29) is 0 Å². The average Bonchev–Trinajstić information content (AvgIpc) is 2.07. The molecule has 0 unspecified atom stereocenters. The van der Waals surface area contributed by atoms with E-state index in [1.54, 1.807) is 0 Å². The highest BCUT2D eigenvalue weighted by molar-refractivity contribution is 5.47. The van der Waals surface area contributed by atoms with E-state index in [1.807, 2.05) is 0 Å². The van der Waals surface area contributed by atoms with Gasteiger partial charge in [-0.1, -0.05) is 0 Å². The smallest absolute Gasteiger partial charge is 0.227 e. The van der Waals surface area contributed by atoms with E-state index in [1.165, 1.54) is 0 Å². The Bertz CT molecular complexity index is 371. The minimum absolute atomic E-state index is 0.602. The Hall–Kier alpha value is -1.91. The van der Waals surface area contributed by atoms with Crippen molar-refractivity contribution in [1.82, 2.24) is 0 Å². The molecule has 1 rings (SSSR count). The Balaban J connectivity index is 3.67. The Labute approximate surface area is 66.8 Å². The zero-order chi connectivity index (χ0) is 9.30. The molecule has 0 amide bonds. The molecule has 4 N–H and O–H groups in total. The molecular weight excluding hydrogens is 164 g/mol. The zero-order valence-electron chi connectivity index (χ0n) is 5.85. The maximum Gasteiger partial charge on any atom is 0.227 e. The summed E-state index contributed by atoms with van der Waals surface area (Å²) in [4.78, 5) is 10.7. The fourth-order valence-corrected chi connectivity index (χ4v) is 0.665. The highest BCUT2D eigenvalue weighted by Crippen LogP contribution is 2.28. The monoisotopic (exact) mass is 170 g/mol. The van der Waals surface area contributed by atoms with Gasteiger partial charge in [0.1, 0.15) is 0 Å². The van der Waals surface area contributed by atoms with E-state index in [4.69, 9.17) is 20.4 Å². The molecule has 1 aromatic rings. The van der Waals surface area contributed by atoms with Gasteiger partial charge in [0.2, 0.25) is 11.2 Å². The average molecular weight is 170 g/mol. The standard InChI is InChI=1S/C7H6O5/c8-3-1-5(10)7(12)6(11)2-4(3)9/h1-2,8-9H,(H2,10,11,12). The summed E-state index contributed by atoms with van der Waals surface area (Å²) in [5.74, 6) is -3.07. The van der Waals surface area contributed by atoms with Crippen molar-refractivity contribution in [3.63, 3.8) is 0 Å². The van der Waals surface area contributed by atoms with Gasteiger partial charge in [-0.3, -0.25) is 4.79 Å². The molecule has 0 aliphatic heterocycles. The summed E-state index contributed by atoms with van der Waals surface area (Å²) >= 11 is 0. The summed E-state index contributed by atoms with van der Waals surface area (Å²) in [6.07, 6.45) is 0. The van der Waals surface area contributed by atoms with Gasteiger partial charge in [-0.25, -0.2) is 0 Å². The van der Waals surface area contributed by atoms with Crippen LogP contribution >= 0.6 is 0 Å². The molecule has 0 bridgehead atoms.